The van der Waals surface area contributed by atoms with E-state index < -0.39 is 42.8 Å². The van der Waals surface area contributed by atoms with Gasteiger partial charge in [0.05, 0.1) is 13.7 Å². The number of aliphatic hydroxyl groups excluding tert-OH is 3. The number of rotatable bonds is 4. The lowest BCUT2D eigenvalue weighted by Crippen LogP contribution is -2.47. The summed E-state index contributed by atoms with van der Waals surface area (Å²) in [7, 11) is 1.18. The van der Waals surface area contributed by atoms with Gasteiger partial charge in [-0.25, -0.2) is 4.79 Å². The number of aliphatic hydroxyl groups is 3. The van der Waals surface area contributed by atoms with E-state index in [9.17, 15) is 15.0 Å². The molecule has 1 rings (SSSR count). The number of hydrogen-bond acceptors (Lipinski definition) is 7. The second kappa shape index (κ2) is 5.28. The predicted octanol–water partition coefficient (Wildman–Crippen LogP) is -1.61. The summed E-state index contributed by atoms with van der Waals surface area (Å²) in [5.74, 6) is -1.77. The summed E-state index contributed by atoms with van der Waals surface area (Å²) in [6.07, 6.45) is -5.07. The Morgan fingerprint density at radius 1 is 1.41 bits per heavy atom. The summed E-state index contributed by atoms with van der Waals surface area (Å²) in [4.78, 5) is 11.4. The van der Waals surface area contributed by atoms with E-state index >= 15 is 0 Å². The van der Waals surface area contributed by atoms with Gasteiger partial charge in [0.15, 0.2) is 11.9 Å². The Balaban J connectivity index is 2.83. The van der Waals surface area contributed by atoms with E-state index in [0.717, 1.165) is 0 Å². The van der Waals surface area contributed by atoms with Crippen molar-refractivity contribution in [1.29, 1.82) is 0 Å². The lowest BCUT2D eigenvalue weighted by atomic mass is 10.0. The second-order valence-electron chi connectivity index (χ2n) is 4.28. The summed E-state index contributed by atoms with van der Waals surface area (Å²) in [6, 6.07) is 0. The van der Waals surface area contributed by atoms with Crippen LogP contribution in [0.2, 0.25) is 0 Å². The summed E-state index contributed by atoms with van der Waals surface area (Å²) in [5, 5.41) is 27.8. The number of carbonyl (C=O) groups excluding carboxylic acids is 1. The van der Waals surface area contributed by atoms with E-state index in [-0.39, 0.29) is 0 Å². The van der Waals surface area contributed by atoms with Crippen molar-refractivity contribution >= 4 is 5.97 Å². The molecule has 4 atom stereocenters. The standard InChI is InChI=1S/C10H18O7/c1-10(2)16-7(6(13)5(12)4-11)8(17-10)9(14)15-3/h5-8,11-13H,4H2,1-3H3/t5-,6-,7+,8-/m1/s1. The molecule has 0 bridgehead atoms. The van der Waals surface area contributed by atoms with Crippen molar-refractivity contribution in [2.24, 2.45) is 0 Å². The van der Waals surface area contributed by atoms with Gasteiger partial charge in [0, 0.05) is 0 Å². The first-order valence-corrected chi connectivity index (χ1v) is 5.23. The molecule has 0 aromatic carbocycles. The second-order valence-corrected chi connectivity index (χ2v) is 4.28. The Bertz CT molecular complexity index is 278. The monoisotopic (exact) mass is 250 g/mol. The third-order valence-electron chi connectivity index (χ3n) is 2.48. The van der Waals surface area contributed by atoms with Crippen LogP contribution < -0.4 is 0 Å². The van der Waals surface area contributed by atoms with Gasteiger partial charge in [-0.1, -0.05) is 0 Å². The van der Waals surface area contributed by atoms with E-state index in [0.29, 0.717) is 0 Å². The van der Waals surface area contributed by atoms with Gasteiger partial charge in [-0.05, 0) is 13.8 Å². The number of esters is 1. The molecule has 1 fully saturated rings. The minimum absolute atomic E-state index is 0.644. The molecule has 0 aromatic heterocycles. The topological polar surface area (TPSA) is 105 Å². The molecule has 1 aliphatic rings. The van der Waals surface area contributed by atoms with Crippen LogP contribution in [-0.4, -0.2) is 65.2 Å². The van der Waals surface area contributed by atoms with Gasteiger partial charge >= 0.3 is 5.97 Å². The zero-order valence-corrected chi connectivity index (χ0v) is 9.99. The molecular weight excluding hydrogens is 232 g/mol. The molecule has 0 saturated carbocycles. The quantitative estimate of drug-likeness (QED) is 0.516. The normalized spacial score (nSPS) is 30.9. The molecule has 0 aromatic rings. The maximum absolute atomic E-state index is 11.4. The van der Waals surface area contributed by atoms with Crippen LogP contribution >= 0.6 is 0 Å². The Labute approximate surface area is 98.9 Å². The van der Waals surface area contributed by atoms with Crippen molar-refractivity contribution < 1.29 is 34.3 Å². The highest BCUT2D eigenvalue weighted by molar-refractivity contribution is 5.75. The minimum Gasteiger partial charge on any atom is -0.467 e. The van der Waals surface area contributed by atoms with Crippen molar-refractivity contribution in [3.8, 4) is 0 Å². The Morgan fingerprint density at radius 3 is 2.47 bits per heavy atom. The van der Waals surface area contributed by atoms with Crippen LogP contribution in [0.15, 0.2) is 0 Å². The highest BCUT2D eigenvalue weighted by atomic mass is 16.8. The Kier molecular flexibility index (Phi) is 4.45. The third kappa shape index (κ3) is 3.14. The molecule has 1 heterocycles. The molecule has 0 amide bonds. The summed E-state index contributed by atoms with van der Waals surface area (Å²) < 4.78 is 15.1. The lowest BCUT2D eigenvalue weighted by Gasteiger charge is -2.24. The molecule has 1 saturated heterocycles. The summed E-state index contributed by atoms with van der Waals surface area (Å²) in [6.45, 7) is 2.50. The SMILES string of the molecule is COC(=O)[C@@H]1OC(C)(C)O[C@H]1[C@H](O)[C@H](O)CO. The van der Waals surface area contributed by atoms with Crippen molar-refractivity contribution in [3.05, 3.63) is 0 Å². The molecule has 1 aliphatic heterocycles. The van der Waals surface area contributed by atoms with Crippen molar-refractivity contribution in [2.75, 3.05) is 13.7 Å². The van der Waals surface area contributed by atoms with Gasteiger partial charge in [-0.2, -0.15) is 0 Å². The third-order valence-corrected chi connectivity index (χ3v) is 2.48. The van der Waals surface area contributed by atoms with Crippen LogP contribution in [0.5, 0.6) is 0 Å². The van der Waals surface area contributed by atoms with Crippen molar-refractivity contribution in [3.63, 3.8) is 0 Å². The fourth-order valence-corrected chi connectivity index (χ4v) is 1.66. The average Bonchev–Trinajstić information content (AvgIpc) is 2.62. The molecule has 100 valence electrons. The van der Waals surface area contributed by atoms with Crippen LogP contribution in [0.1, 0.15) is 13.8 Å². The Hall–Kier alpha value is -0.730. The average molecular weight is 250 g/mol. The fraction of sp³-hybridized carbons (Fsp3) is 0.900. The van der Waals surface area contributed by atoms with Gasteiger partial charge in [0.25, 0.3) is 0 Å². The largest absolute Gasteiger partial charge is 0.467 e. The van der Waals surface area contributed by atoms with Crippen LogP contribution in [0.3, 0.4) is 0 Å². The molecule has 17 heavy (non-hydrogen) atoms. The first kappa shape index (κ1) is 14.3. The van der Waals surface area contributed by atoms with E-state index in [1.165, 1.54) is 7.11 Å². The molecule has 3 N–H and O–H groups in total. The predicted molar refractivity (Wildman–Crippen MR) is 54.9 cm³/mol. The van der Waals surface area contributed by atoms with Crippen LogP contribution in [0, 0.1) is 0 Å². The van der Waals surface area contributed by atoms with Gasteiger partial charge in [-0.3, -0.25) is 0 Å². The van der Waals surface area contributed by atoms with Gasteiger partial charge in [0.2, 0.25) is 0 Å². The number of ether oxygens (including phenoxy) is 3. The van der Waals surface area contributed by atoms with Crippen LogP contribution in [-0.2, 0) is 19.0 Å². The first-order valence-electron chi connectivity index (χ1n) is 5.23. The van der Waals surface area contributed by atoms with E-state index in [4.69, 9.17) is 14.6 Å². The van der Waals surface area contributed by atoms with E-state index in [1.54, 1.807) is 13.8 Å². The van der Waals surface area contributed by atoms with Gasteiger partial charge < -0.3 is 29.5 Å². The van der Waals surface area contributed by atoms with Gasteiger partial charge in [0.1, 0.15) is 18.3 Å². The molecule has 7 nitrogen and oxygen atoms in total. The molecule has 0 radical (unpaired) electrons. The zero-order chi connectivity index (χ0) is 13.2. The fourth-order valence-electron chi connectivity index (χ4n) is 1.66. The maximum atomic E-state index is 11.4. The van der Waals surface area contributed by atoms with Crippen molar-refractivity contribution in [1.82, 2.24) is 0 Å². The maximum Gasteiger partial charge on any atom is 0.337 e. The molecule has 0 spiro atoms. The van der Waals surface area contributed by atoms with Crippen LogP contribution in [0.25, 0.3) is 0 Å². The van der Waals surface area contributed by atoms with E-state index in [1.807, 2.05) is 0 Å². The molecule has 0 unspecified atom stereocenters. The Morgan fingerprint density at radius 2 is 2.00 bits per heavy atom. The zero-order valence-electron chi connectivity index (χ0n) is 9.99. The first-order chi connectivity index (χ1) is 7.82. The summed E-state index contributed by atoms with van der Waals surface area (Å²) in [5.41, 5.74) is 0. The van der Waals surface area contributed by atoms with E-state index in [2.05, 4.69) is 4.74 Å². The number of methoxy groups -OCH3 is 1. The lowest BCUT2D eigenvalue weighted by molar-refractivity contribution is -0.171. The highest BCUT2D eigenvalue weighted by Crippen LogP contribution is 2.31. The van der Waals surface area contributed by atoms with Gasteiger partial charge in [-0.15, -0.1) is 0 Å². The molecular formula is C10H18O7. The minimum atomic E-state index is -1.44. The molecule has 0 aliphatic carbocycles. The molecule has 7 heteroatoms. The number of carbonyl (C=O) groups is 1. The summed E-state index contributed by atoms with van der Waals surface area (Å²) >= 11 is 0. The van der Waals surface area contributed by atoms with Crippen molar-refractivity contribution in [2.45, 2.75) is 44.1 Å². The smallest absolute Gasteiger partial charge is 0.337 e. The highest BCUT2D eigenvalue weighted by Gasteiger charge is 2.50. The van der Waals surface area contributed by atoms with Crippen LogP contribution in [0.4, 0.5) is 0 Å². The number of hydrogen-bond donors (Lipinski definition) is 3.